The molecule has 5 nitrogen and oxygen atoms in total. The van der Waals surface area contributed by atoms with E-state index in [2.05, 4.69) is 0 Å². The summed E-state index contributed by atoms with van der Waals surface area (Å²) in [6, 6.07) is 0. The van der Waals surface area contributed by atoms with Crippen molar-refractivity contribution >= 4 is 11.8 Å². The van der Waals surface area contributed by atoms with Gasteiger partial charge in [-0.15, -0.1) is 0 Å². The number of aliphatic hydroxyl groups is 1. The summed E-state index contributed by atoms with van der Waals surface area (Å²) in [5, 5.41) is 9.29. The van der Waals surface area contributed by atoms with Crippen LogP contribution in [0.5, 0.6) is 0 Å². The largest absolute Gasteiger partial charge is 0.465 e. The first kappa shape index (κ1) is 14.1. The standard InChI is InChI=1S/C12H20O5/c1-3-17-11(15)12(6-4-9(2)13)8-16-7-5-10(12)14/h9,13H,3-8H2,1-2H3. The van der Waals surface area contributed by atoms with Crippen molar-refractivity contribution in [1.29, 1.82) is 0 Å². The molecule has 98 valence electrons. The van der Waals surface area contributed by atoms with Crippen LogP contribution in [0.1, 0.15) is 33.1 Å². The summed E-state index contributed by atoms with van der Waals surface area (Å²) >= 11 is 0. The molecule has 0 saturated carbocycles. The lowest BCUT2D eigenvalue weighted by Gasteiger charge is -2.33. The van der Waals surface area contributed by atoms with Gasteiger partial charge in [-0.25, -0.2) is 0 Å². The second kappa shape index (κ2) is 6.12. The number of esters is 1. The van der Waals surface area contributed by atoms with Crippen molar-refractivity contribution in [1.82, 2.24) is 0 Å². The molecule has 5 heteroatoms. The number of carbonyl (C=O) groups is 2. The van der Waals surface area contributed by atoms with Crippen molar-refractivity contribution in [3.63, 3.8) is 0 Å². The molecule has 1 rings (SSSR count). The normalized spacial score (nSPS) is 26.6. The monoisotopic (exact) mass is 244 g/mol. The predicted molar refractivity (Wildman–Crippen MR) is 60.4 cm³/mol. The third-order valence-electron chi connectivity index (χ3n) is 3.01. The van der Waals surface area contributed by atoms with Crippen LogP contribution in [0.25, 0.3) is 0 Å². The van der Waals surface area contributed by atoms with Gasteiger partial charge < -0.3 is 14.6 Å². The summed E-state index contributed by atoms with van der Waals surface area (Å²) in [5.41, 5.74) is -1.20. The number of hydrogen-bond donors (Lipinski definition) is 1. The Bertz CT molecular complexity index is 287. The van der Waals surface area contributed by atoms with Crippen LogP contribution in [0, 0.1) is 5.41 Å². The molecule has 2 unspecified atom stereocenters. The van der Waals surface area contributed by atoms with Crippen molar-refractivity contribution in [3.8, 4) is 0 Å². The Morgan fingerprint density at radius 1 is 1.65 bits per heavy atom. The van der Waals surface area contributed by atoms with Gasteiger partial charge in [0.2, 0.25) is 0 Å². The van der Waals surface area contributed by atoms with Crippen molar-refractivity contribution in [2.75, 3.05) is 19.8 Å². The molecule has 1 saturated heterocycles. The molecule has 1 heterocycles. The zero-order chi connectivity index (χ0) is 12.9. The van der Waals surface area contributed by atoms with Gasteiger partial charge in [0.1, 0.15) is 5.41 Å². The van der Waals surface area contributed by atoms with Gasteiger partial charge >= 0.3 is 5.97 Å². The molecule has 2 atom stereocenters. The molecule has 0 aliphatic carbocycles. The highest BCUT2D eigenvalue weighted by Crippen LogP contribution is 2.32. The number of rotatable bonds is 5. The Hall–Kier alpha value is -0.940. The number of carbonyl (C=O) groups excluding carboxylic acids is 2. The number of ketones is 1. The van der Waals surface area contributed by atoms with Gasteiger partial charge in [0, 0.05) is 6.42 Å². The molecular formula is C12H20O5. The maximum Gasteiger partial charge on any atom is 0.322 e. The molecule has 0 aromatic carbocycles. The van der Waals surface area contributed by atoms with Crippen molar-refractivity contribution < 1.29 is 24.2 Å². The highest BCUT2D eigenvalue weighted by Gasteiger charge is 2.48. The predicted octanol–water partition coefficient (Wildman–Crippen LogP) is 0.686. The zero-order valence-electron chi connectivity index (χ0n) is 10.4. The van der Waals surface area contributed by atoms with Gasteiger partial charge in [-0.2, -0.15) is 0 Å². The van der Waals surface area contributed by atoms with Gasteiger partial charge in [0.25, 0.3) is 0 Å². The Balaban J connectivity index is 2.82. The zero-order valence-corrected chi connectivity index (χ0v) is 10.4. The van der Waals surface area contributed by atoms with Crippen molar-refractivity contribution in [2.24, 2.45) is 5.41 Å². The maximum atomic E-state index is 12.0. The van der Waals surface area contributed by atoms with E-state index >= 15 is 0 Å². The lowest BCUT2D eigenvalue weighted by molar-refractivity contribution is -0.170. The minimum Gasteiger partial charge on any atom is -0.465 e. The van der Waals surface area contributed by atoms with Crippen molar-refractivity contribution in [3.05, 3.63) is 0 Å². The molecule has 1 fully saturated rings. The Kier molecular flexibility index (Phi) is 5.08. The van der Waals surface area contributed by atoms with Gasteiger partial charge in [-0.1, -0.05) is 0 Å². The van der Waals surface area contributed by atoms with Crippen molar-refractivity contribution in [2.45, 2.75) is 39.2 Å². The molecule has 0 radical (unpaired) electrons. The summed E-state index contributed by atoms with van der Waals surface area (Å²) < 4.78 is 10.2. The fourth-order valence-electron chi connectivity index (χ4n) is 1.94. The summed E-state index contributed by atoms with van der Waals surface area (Å²) in [4.78, 5) is 23.9. The maximum absolute atomic E-state index is 12.0. The number of ether oxygens (including phenoxy) is 2. The van der Waals surface area contributed by atoms with Gasteiger partial charge in [-0.05, 0) is 26.7 Å². The van der Waals surface area contributed by atoms with Crippen LogP contribution in [0.4, 0.5) is 0 Å². The fraction of sp³-hybridized carbons (Fsp3) is 0.833. The first-order valence-corrected chi connectivity index (χ1v) is 5.99. The van der Waals surface area contributed by atoms with Crippen LogP contribution in [-0.4, -0.2) is 42.8 Å². The molecule has 0 spiro atoms. The second-order valence-corrected chi connectivity index (χ2v) is 4.42. The SMILES string of the molecule is CCOC(=O)C1(CCC(C)O)COCCC1=O. The topological polar surface area (TPSA) is 72.8 Å². The first-order chi connectivity index (χ1) is 8.03. The Morgan fingerprint density at radius 2 is 2.35 bits per heavy atom. The van der Waals surface area contributed by atoms with E-state index in [0.717, 1.165) is 0 Å². The molecule has 0 amide bonds. The van der Waals surface area contributed by atoms with E-state index in [1.165, 1.54) is 0 Å². The quantitative estimate of drug-likeness (QED) is 0.569. The molecule has 0 bridgehead atoms. The van der Waals surface area contributed by atoms with E-state index in [1.54, 1.807) is 13.8 Å². The number of aliphatic hydroxyl groups excluding tert-OH is 1. The second-order valence-electron chi connectivity index (χ2n) is 4.42. The molecule has 0 aromatic heterocycles. The molecule has 17 heavy (non-hydrogen) atoms. The summed E-state index contributed by atoms with van der Waals surface area (Å²) in [5.74, 6) is -0.659. The van der Waals surface area contributed by atoms with E-state index < -0.39 is 17.5 Å². The van der Waals surface area contributed by atoms with Crippen LogP contribution < -0.4 is 0 Å². The highest BCUT2D eigenvalue weighted by molar-refractivity contribution is 6.04. The van der Waals surface area contributed by atoms with Crippen LogP contribution >= 0.6 is 0 Å². The van der Waals surface area contributed by atoms with Gasteiger partial charge in [0.05, 0.1) is 25.9 Å². The van der Waals surface area contributed by atoms with Crippen LogP contribution in [0.3, 0.4) is 0 Å². The lowest BCUT2D eigenvalue weighted by atomic mass is 9.77. The molecule has 1 N–H and O–H groups in total. The Morgan fingerprint density at radius 3 is 2.88 bits per heavy atom. The van der Waals surface area contributed by atoms with Crippen LogP contribution in [-0.2, 0) is 19.1 Å². The number of Topliss-reactive ketones (excluding diaryl/α,β-unsaturated/α-hetero) is 1. The van der Waals surface area contributed by atoms with Crippen LogP contribution in [0.2, 0.25) is 0 Å². The third kappa shape index (κ3) is 3.26. The number of hydrogen-bond acceptors (Lipinski definition) is 5. The average Bonchev–Trinajstić information content (AvgIpc) is 2.28. The highest BCUT2D eigenvalue weighted by atomic mass is 16.5. The molecule has 1 aliphatic heterocycles. The lowest BCUT2D eigenvalue weighted by Crippen LogP contribution is -2.48. The summed E-state index contributed by atoms with van der Waals surface area (Å²) in [6.07, 6.45) is 0.352. The van der Waals surface area contributed by atoms with Gasteiger partial charge in [-0.3, -0.25) is 9.59 Å². The third-order valence-corrected chi connectivity index (χ3v) is 3.01. The van der Waals surface area contributed by atoms with Gasteiger partial charge in [0.15, 0.2) is 5.78 Å². The first-order valence-electron chi connectivity index (χ1n) is 5.99. The Labute approximate surface area is 101 Å². The molecule has 1 aliphatic rings. The van der Waals surface area contributed by atoms with E-state index in [-0.39, 0.29) is 31.8 Å². The van der Waals surface area contributed by atoms with E-state index in [0.29, 0.717) is 13.0 Å². The average molecular weight is 244 g/mol. The molecular weight excluding hydrogens is 224 g/mol. The van der Waals surface area contributed by atoms with E-state index in [9.17, 15) is 14.7 Å². The minimum atomic E-state index is -1.20. The summed E-state index contributed by atoms with van der Waals surface area (Å²) in [7, 11) is 0. The molecule has 0 aromatic rings. The summed E-state index contributed by atoms with van der Waals surface area (Å²) in [6.45, 7) is 4.00. The fourth-order valence-corrected chi connectivity index (χ4v) is 1.94. The van der Waals surface area contributed by atoms with Crippen LogP contribution in [0.15, 0.2) is 0 Å². The van der Waals surface area contributed by atoms with E-state index in [4.69, 9.17) is 9.47 Å². The smallest absolute Gasteiger partial charge is 0.322 e. The minimum absolute atomic E-state index is 0.0669. The van der Waals surface area contributed by atoms with E-state index in [1.807, 2.05) is 0 Å².